The van der Waals surface area contributed by atoms with Gasteiger partial charge in [0.2, 0.25) is 0 Å². The second-order valence-corrected chi connectivity index (χ2v) is 5.24. The van der Waals surface area contributed by atoms with Crippen molar-refractivity contribution in [3.05, 3.63) is 47.1 Å². The van der Waals surface area contributed by atoms with Gasteiger partial charge in [0.05, 0.1) is 18.7 Å². The Hall–Kier alpha value is -2.40. The molecule has 23 heavy (non-hydrogen) atoms. The fourth-order valence-electron chi connectivity index (χ4n) is 2.01. The van der Waals surface area contributed by atoms with Gasteiger partial charge in [-0.05, 0) is 31.2 Å². The first-order valence-corrected chi connectivity index (χ1v) is 7.54. The molecule has 1 N–H and O–H groups in total. The Morgan fingerprint density at radius 1 is 1.13 bits per heavy atom. The van der Waals surface area contributed by atoms with Crippen LogP contribution in [-0.2, 0) is 9.53 Å². The Morgan fingerprint density at radius 3 is 2.48 bits per heavy atom. The highest BCUT2D eigenvalue weighted by Gasteiger charge is 2.16. The molecule has 0 atom stereocenters. The molecular weight excluding hydrogens is 318 g/mol. The number of benzene rings is 1. The summed E-state index contributed by atoms with van der Waals surface area (Å²) in [6.07, 6.45) is -0.109. The van der Waals surface area contributed by atoms with E-state index in [0.29, 0.717) is 10.7 Å². The standard InChI is InChI=1S/C17H16ClNO4/c1-2-23-16(22)10-9-15(21)17-14(20)8-7-13(19-17)11-3-5-12(18)6-4-11/h3-8,20H,2,9-10H2,1H3. The van der Waals surface area contributed by atoms with Gasteiger partial charge in [-0.25, -0.2) is 4.98 Å². The maximum absolute atomic E-state index is 12.2. The number of Topliss-reactive ketones (excluding diaryl/α,β-unsaturated/α-hetero) is 1. The molecule has 0 unspecified atom stereocenters. The molecule has 0 bridgehead atoms. The Balaban J connectivity index is 2.18. The maximum Gasteiger partial charge on any atom is 0.306 e. The monoisotopic (exact) mass is 333 g/mol. The number of hydrogen-bond donors (Lipinski definition) is 1. The van der Waals surface area contributed by atoms with Crippen molar-refractivity contribution in [2.75, 3.05) is 6.61 Å². The first kappa shape index (κ1) is 17.0. The smallest absolute Gasteiger partial charge is 0.306 e. The second-order valence-electron chi connectivity index (χ2n) is 4.80. The zero-order valence-corrected chi connectivity index (χ0v) is 13.3. The van der Waals surface area contributed by atoms with Gasteiger partial charge in [-0.2, -0.15) is 0 Å². The summed E-state index contributed by atoms with van der Waals surface area (Å²) in [6, 6.07) is 10.00. The molecule has 0 amide bonds. The average Bonchev–Trinajstić information content (AvgIpc) is 2.54. The van der Waals surface area contributed by atoms with Crippen LogP contribution in [0.25, 0.3) is 11.3 Å². The minimum absolute atomic E-state index is 0.0427. The molecule has 2 aromatic rings. The molecule has 1 aromatic carbocycles. The van der Waals surface area contributed by atoms with Crippen LogP contribution in [0, 0.1) is 0 Å². The van der Waals surface area contributed by atoms with Crippen LogP contribution in [-0.4, -0.2) is 28.4 Å². The summed E-state index contributed by atoms with van der Waals surface area (Å²) >= 11 is 5.84. The number of aromatic nitrogens is 1. The van der Waals surface area contributed by atoms with E-state index in [0.717, 1.165) is 5.56 Å². The van der Waals surface area contributed by atoms with Crippen molar-refractivity contribution < 1.29 is 19.4 Å². The number of carbonyl (C=O) groups is 2. The molecule has 0 radical (unpaired) electrons. The van der Waals surface area contributed by atoms with E-state index in [1.807, 2.05) is 0 Å². The maximum atomic E-state index is 12.2. The van der Waals surface area contributed by atoms with Crippen molar-refractivity contribution in [3.63, 3.8) is 0 Å². The van der Waals surface area contributed by atoms with Crippen molar-refractivity contribution in [2.24, 2.45) is 0 Å². The second kappa shape index (κ2) is 7.74. The van der Waals surface area contributed by atoms with Gasteiger partial charge in [-0.1, -0.05) is 23.7 Å². The molecule has 0 spiro atoms. The summed E-state index contributed by atoms with van der Waals surface area (Å²) < 4.78 is 4.78. The first-order chi connectivity index (χ1) is 11.0. The van der Waals surface area contributed by atoms with Crippen LogP contribution in [0.5, 0.6) is 5.75 Å². The van der Waals surface area contributed by atoms with E-state index in [2.05, 4.69) is 4.98 Å². The molecule has 0 aliphatic carbocycles. The van der Waals surface area contributed by atoms with Gasteiger partial charge >= 0.3 is 5.97 Å². The molecule has 120 valence electrons. The van der Waals surface area contributed by atoms with E-state index in [4.69, 9.17) is 16.3 Å². The van der Waals surface area contributed by atoms with Crippen LogP contribution in [0.2, 0.25) is 5.02 Å². The molecule has 1 heterocycles. The number of hydrogen-bond acceptors (Lipinski definition) is 5. The van der Waals surface area contributed by atoms with E-state index >= 15 is 0 Å². The zero-order valence-electron chi connectivity index (χ0n) is 12.6. The van der Waals surface area contributed by atoms with Gasteiger partial charge in [0.1, 0.15) is 11.4 Å². The van der Waals surface area contributed by atoms with Gasteiger partial charge in [-0.3, -0.25) is 9.59 Å². The third kappa shape index (κ3) is 4.53. The average molecular weight is 334 g/mol. The minimum atomic E-state index is -0.450. The largest absolute Gasteiger partial charge is 0.506 e. The Bertz CT molecular complexity index is 713. The van der Waals surface area contributed by atoms with Crippen molar-refractivity contribution in [1.29, 1.82) is 0 Å². The molecule has 5 nitrogen and oxygen atoms in total. The molecule has 0 saturated carbocycles. The van der Waals surface area contributed by atoms with Crippen LogP contribution < -0.4 is 0 Å². The number of pyridine rings is 1. The van der Waals surface area contributed by atoms with Crippen LogP contribution in [0.15, 0.2) is 36.4 Å². The normalized spacial score (nSPS) is 10.3. The number of nitrogens with zero attached hydrogens (tertiary/aromatic N) is 1. The van der Waals surface area contributed by atoms with Crippen LogP contribution in [0.4, 0.5) is 0 Å². The number of carbonyl (C=O) groups excluding carboxylic acids is 2. The van der Waals surface area contributed by atoms with Crippen molar-refractivity contribution >= 4 is 23.4 Å². The highest BCUT2D eigenvalue weighted by Crippen LogP contribution is 2.24. The van der Waals surface area contributed by atoms with Crippen molar-refractivity contribution in [1.82, 2.24) is 4.98 Å². The lowest BCUT2D eigenvalue weighted by molar-refractivity contribution is -0.143. The molecule has 0 aliphatic heterocycles. The van der Waals surface area contributed by atoms with Gasteiger partial charge in [0, 0.05) is 17.0 Å². The van der Waals surface area contributed by atoms with Gasteiger partial charge in [-0.15, -0.1) is 0 Å². The lowest BCUT2D eigenvalue weighted by Gasteiger charge is -2.07. The van der Waals surface area contributed by atoms with Crippen LogP contribution >= 0.6 is 11.6 Å². The quantitative estimate of drug-likeness (QED) is 0.645. The molecule has 2 rings (SSSR count). The third-order valence-corrected chi connectivity index (χ3v) is 3.39. The van der Waals surface area contributed by atoms with Crippen molar-refractivity contribution in [2.45, 2.75) is 19.8 Å². The number of ether oxygens (including phenoxy) is 1. The lowest BCUT2D eigenvalue weighted by Crippen LogP contribution is -2.09. The molecule has 0 aliphatic rings. The Morgan fingerprint density at radius 2 is 1.83 bits per heavy atom. The summed E-state index contributed by atoms with van der Waals surface area (Å²) in [4.78, 5) is 27.7. The summed E-state index contributed by atoms with van der Waals surface area (Å²) in [7, 11) is 0. The molecule has 0 fully saturated rings. The Labute approximate surface area is 138 Å². The number of esters is 1. The van der Waals surface area contributed by atoms with Crippen LogP contribution in [0.1, 0.15) is 30.3 Å². The summed E-state index contributed by atoms with van der Waals surface area (Å²) in [5.41, 5.74) is 1.26. The SMILES string of the molecule is CCOC(=O)CCC(=O)c1nc(-c2ccc(Cl)cc2)ccc1O. The van der Waals surface area contributed by atoms with Gasteiger partial charge in [0.15, 0.2) is 5.78 Å². The predicted octanol–water partition coefficient (Wildman–Crippen LogP) is 3.63. The summed E-state index contributed by atoms with van der Waals surface area (Å²) in [5.74, 6) is -1.07. The molecular formula is C17H16ClNO4. The highest BCUT2D eigenvalue weighted by atomic mass is 35.5. The highest BCUT2D eigenvalue weighted by molar-refractivity contribution is 6.30. The van der Waals surface area contributed by atoms with E-state index in [9.17, 15) is 14.7 Å². The third-order valence-electron chi connectivity index (χ3n) is 3.14. The minimum Gasteiger partial charge on any atom is -0.506 e. The fraction of sp³-hybridized carbons (Fsp3) is 0.235. The molecule has 0 saturated heterocycles. The van der Waals surface area contributed by atoms with E-state index in [1.165, 1.54) is 6.07 Å². The van der Waals surface area contributed by atoms with Gasteiger partial charge in [0.25, 0.3) is 0 Å². The zero-order chi connectivity index (χ0) is 16.8. The molecule has 6 heteroatoms. The fourth-order valence-corrected chi connectivity index (χ4v) is 2.13. The number of rotatable bonds is 6. The number of aromatic hydroxyl groups is 1. The van der Waals surface area contributed by atoms with Crippen LogP contribution in [0.3, 0.4) is 0 Å². The topological polar surface area (TPSA) is 76.5 Å². The van der Waals surface area contributed by atoms with Crippen molar-refractivity contribution in [3.8, 4) is 17.0 Å². The van der Waals surface area contributed by atoms with Gasteiger partial charge < -0.3 is 9.84 Å². The van der Waals surface area contributed by atoms with E-state index in [-0.39, 0.29) is 30.9 Å². The number of ketones is 1. The Kier molecular flexibility index (Phi) is 5.71. The predicted molar refractivity (Wildman–Crippen MR) is 86.5 cm³/mol. The lowest BCUT2D eigenvalue weighted by atomic mass is 10.1. The molecule has 1 aromatic heterocycles. The number of halogens is 1. The first-order valence-electron chi connectivity index (χ1n) is 7.16. The van der Waals surface area contributed by atoms with E-state index < -0.39 is 11.8 Å². The van der Waals surface area contributed by atoms with E-state index in [1.54, 1.807) is 37.3 Å². The summed E-state index contributed by atoms with van der Waals surface area (Å²) in [5, 5.41) is 10.4. The summed E-state index contributed by atoms with van der Waals surface area (Å²) in [6.45, 7) is 1.96.